The molecule has 2 unspecified atom stereocenters. The molecule has 0 bridgehead atoms. The molecule has 1 aromatic heterocycles. The highest BCUT2D eigenvalue weighted by Crippen LogP contribution is 2.23. The summed E-state index contributed by atoms with van der Waals surface area (Å²) in [7, 11) is 4.19. The van der Waals surface area contributed by atoms with E-state index >= 15 is 0 Å². The average molecular weight is 222 g/mol. The molecule has 0 aromatic carbocycles. The molecule has 5 heteroatoms. The normalized spacial score (nSPS) is 25.4. The van der Waals surface area contributed by atoms with Crippen LogP contribution in [0.2, 0.25) is 0 Å². The van der Waals surface area contributed by atoms with E-state index in [4.69, 9.17) is 0 Å². The Hall–Kier alpha value is -1.36. The Bertz CT molecular complexity index is 414. The number of anilines is 1. The molecule has 1 fully saturated rings. The maximum absolute atomic E-state index is 11.2. The summed E-state index contributed by atoms with van der Waals surface area (Å²) < 4.78 is 0. The highest BCUT2D eigenvalue weighted by atomic mass is 16.1. The minimum Gasteiger partial charge on any atom is -0.354 e. The third kappa shape index (κ3) is 2.09. The van der Waals surface area contributed by atoms with Gasteiger partial charge in [-0.3, -0.25) is 4.79 Å². The Kier molecular flexibility index (Phi) is 2.96. The molecule has 0 saturated carbocycles. The number of nitrogens with zero attached hydrogens (tertiary/aromatic N) is 3. The number of hydrogen-bond donors (Lipinski definition) is 1. The molecule has 1 saturated heterocycles. The van der Waals surface area contributed by atoms with Gasteiger partial charge in [0.1, 0.15) is 5.82 Å². The van der Waals surface area contributed by atoms with Crippen LogP contribution in [0.15, 0.2) is 17.2 Å². The monoisotopic (exact) mass is 222 g/mol. The highest BCUT2D eigenvalue weighted by molar-refractivity contribution is 5.38. The third-order valence-electron chi connectivity index (χ3n) is 3.22. The molecule has 88 valence electrons. The first-order valence-electron chi connectivity index (χ1n) is 5.54. The van der Waals surface area contributed by atoms with E-state index in [9.17, 15) is 4.79 Å². The van der Waals surface area contributed by atoms with Crippen molar-refractivity contribution in [1.29, 1.82) is 0 Å². The molecule has 1 aliphatic heterocycles. The minimum atomic E-state index is -0.0917. The maximum atomic E-state index is 11.2. The highest BCUT2D eigenvalue weighted by Gasteiger charge is 2.31. The Labute approximate surface area is 95.1 Å². The van der Waals surface area contributed by atoms with Crippen molar-refractivity contribution in [2.75, 3.05) is 32.1 Å². The topological polar surface area (TPSA) is 52.2 Å². The summed E-state index contributed by atoms with van der Waals surface area (Å²) in [6.45, 7) is 4.13. The third-order valence-corrected chi connectivity index (χ3v) is 3.22. The van der Waals surface area contributed by atoms with Gasteiger partial charge in [0.2, 0.25) is 0 Å². The van der Waals surface area contributed by atoms with Crippen molar-refractivity contribution >= 4 is 5.82 Å². The molecular weight excluding hydrogens is 204 g/mol. The second-order valence-electron chi connectivity index (χ2n) is 4.68. The average Bonchev–Trinajstić information content (AvgIpc) is 2.60. The fourth-order valence-corrected chi connectivity index (χ4v) is 2.34. The van der Waals surface area contributed by atoms with Crippen LogP contribution in [0.3, 0.4) is 0 Å². The molecule has 2 heterocycles. The van der Waals surface area contributed by atoms with Crippen LogP contribution in [0.1, 0.15) is 6.92 Å². The lowest BCUT2D eigenvalue weighted by atomic mass is 10.1. The number of H-pyrrole nitrogens is 1. The van der Waals surface area contributed by atoms with Crippen molar-refractivity contribution in [2.45, 2.75) is 13.0 Å². The van der Waals surface area contributed by atoms with Gasteiger partial charge in [-0.1, -0.05) is 6.92 Å². The van der Waals surface area contributed by atoms with Gasteiger partial charge < -0.3 is 14.8 Å². The molecule has 5 nitrogen and oxygen atoms in total. The molecule has 1 aliphatic rings. The second kappa shape index (κ2) is 4.25. The van der Waals surface area contributed by atoms with Crippen molar-refractivity contribution in [3.05, 3.63) is 22.7 Å². The molecule has 0 spiro atoms. The van der Waals surface area contributed by atoms with Crippen molar-refractivity contribution < 1.29 is 0 Å². The van der Waals surface area contributed by atoms with Crippen LogP contribution in [-0.4, -0.2) is 48.1 Å². The summed E-state index contributed by atoms with van der Waals surface area (Å²) in [6, 6.07) is 2.09. The van der Waals surface area contributed by atoms with Gasteiger partial charge in [-0.25, -0.2) is 4.98 Å². The molecule has 2 rings (SSSR count). The Morgan fingerprint density at radius 2 is 2.25 bits per heavy atom. The number of aromatic amines is 1. The lowest BCUT2D eigenvalue weighted by Crippen LogP contribution is -2.34. The first-order chi connectivity index (χ1) is 7.58. The predicted octanol–water partition coefficient (Wildman–Crippen LogP) is 0.156. The molecule has 0 aliphatic carbocycles. The summed E-state index contributed by atoms with van der Waals surface area (Å²) in [5.74, 6) is 1.37. The lowest BCUT2D eigenvalue weighted by molar-refractivity contribution is 0.266. The van der Waals surface area contributed by atoms with Crippen molar-refractivity contribution in [3.8, 4) is 0 Å². The van der Waals surface area contributed by atoms with E-state index in [1.54, 1.807) is 6.07 Å². The smallest absolute Gasteiger partial charge is 0.252 e. The standard InChI is InChI=1S/C11H18N4O/c1-8-5-15(6-9(8)14(2)3)10-4-11(16)13-7-12-10/h4,7-9H,5-6H2,1-3H3,(H,12,13,16). The zero-order valence-corrected chi connectivity index (χ0v) is 9.97. The van der Waals surface area contributed by atoms with E-state index in [1.807, 2.05) is 0 Å². The van der Waals surface area contributed by atoms with Crippen molar-refractivity contribution in [3.63, 3.8) is 0 Å². The second-order valence-corrected chi connectivity index (χ2v) is 4.68. The van der Waals surface area contributed by atoms with Gasteiger partial charge in [-0.2, -0.15) is 0 Å². The van der Waals surface area contributed by atoms with Crippen LogP contribution < -0.4 is 10.5 Å². The van der Waals surface area contributed by atoms with E-state index in [2.05, 4.69) is 40.8 Å². The van der Waals surface area contributed by atoms with Gasteiger partial charge in [0, 0.05) is 25.2 Å². The summed E-state index contributed by atoms with van der Waals surface area (Å²) in [5.41, 5.74) is -0.0917. The first kappa shape index (κ1) is 11.1. The van der Waals surface area contributed by atoms with E-state index in [0.717, 1.165) is 18.9 Å². The fourth-order valence-electron chi connectivity index (χ4n) is 2.34. The number of rotatable bonds is 2. The van der Waals surface area contributed by atoms with Crippen LogP contribution in [-0.2, 0) is 0 Å². The Balaban J connectivity index is 2.17. The predicted molar refractivity (Wildman–Crippen MR) is 63.7 cm³/mol. The van der Waals surface area contributed by atoms with Crippen LogP contribution >= 0.6 is 0 Å². The van der Waals surface area contributed by atoms with Gasteiger partial charge in [-0.15, -0.1) is 0 Å². The van der Waals surface area contributed by atoms with Crippen LogP contribution in [0.5, 0.6) is 0 Å². The van der Waals surface area contributed by atoms with Gasteiger partial charge in [0.25, 0.3) is 5.56 Å². The van der Waals surface area contributed by atoms with Crippen LogP contribution in [0.25, 0.3) is 0 Å². The zero-order chi connectivity index (χ0) is 11.7. The van der Waals surface area contributed by atoms with Gasteiger partial charge in [-0.05, 0) is 20.0 Å². The van der Waals surface area contributed by atoms with Gasteiger partial charge in [0.05, 0.1) is 6.33 Å². The largest absolute Gasteiger partial charge is 0.354 e. The van der Waals surface area contributed by atoms with Gasteiger partial charge >= 0.3 is 0 Å². The fraction of sp³-hybridized carbons (Fsp3) is 0.636. The summed E-state index contributed by atoms with van der Waals surface area (Å²) >= 11 is 0. The molecule has 1 N–H and O–H groups in total. The molecule has 0 amide bonds. The van der Waals surface area contributed by atoms with E-state index in [0.29, 0.717) is 12.0 Å². The lowest BCUT2D eigenvalue weighted by Gasteiger charge is -2.22. The van der Waals surface area contributed by atoms with E-state index in [-0.39, 0.29) is 5.56 Å². The van der Waals surface area contributed by atoms with E-state index < -0.39 is 0 Å². The number of likely N-dealkylation sites (N-methyl/N-ethyl adjacent to an activating group) is 1. The summed E-state index contributed by atoms with van der Waals surface area (Å²) in [5, 5.41) is 0. The van der Waals surface area contributed by atoms with E-state index in [1.165, 1.54) is 6.33 Å². The molecular formula is C11H18N4O. The van der Waals surface area contributed by atoms with Crippen molar-refractivity contribution in [1.82, 2.24) is 14.9 Å². The Morgan fingerprint density at radius 1 is 1.50 bits per heavy atom. The first-order valence-corrected chi connectivity index (χ1v) is 5.54. The molecule has 0 radical (unpaired) electrons. The molecule has 1 aromatic rings. The number of hydrogen-bond acceptors (Lipinski definition) is 4. The minimum absolute atomic E-state index is 0.0917. The molecule has 16 heavy (non-hydrogen) atoms. The maximum Gasteiger partial charge on any atom is 0.252 e. The quantitative estimate of drug-likeness (QED) is 0.774. The Morgan fingerprint density at radius 3 is 2.81 bits per heavy atom. The van der Waals surface area contributed by atoms with Crippen LogP contribution in [0, 0.1) is 5.92 Å². The zero-order valence-electron chi connectivity index (χ0n) is 9.97. The van der Waals surface area contributed by atoms with Crippen molar-refractivity contribution in [2.24, 2.45) is 5.92 Å². The number of nitrogens with one attached hydrogen (secondary N) is 1. The molecule has 2 atom stereocenters. The van der Waals surface area contributed by atoms with Gasteiger partial charge in [0.15, 0.2) is 0 Å². The SMILES string of the molecule is CC1CN(c2cc(=O)[nH]cn2)CC1N(C)C. The summed E-state index contributed by atoms with van der Waals surface area (Å²) in [4.78, 5) is 22.4. The summed E-state index contributed by atoms with van der Waals surface area (Å²) in [6.07, 6.45) is 1.46. The van der Waals surface area contributed by atoms with Crippen LogP contribution in [0.4, 0.5) is 5.82 Å². The number of aromatic nitrogens is 2.